The van der Waals surface area contributed by atoms with Crippen molar-refractivity contribution in [2.24, 2.45) is 0 Å². The molecule has 0 radical (unpaired) electrons. The van der Waals surface area contributed by atoms with E-state index in [9.17, 15) is 4.79 Å². The summed E-state index contributed by atoms with van der Waals surface area (Å²) in [4.78, 5) is 17.8. The maximum absolute atomic E-state index is 11.0. The number of rotatable bonds is 5. The van der Waals surface area contributed by atoms with Crippen molar-refractivity contribution in [3.05, 3.63) is 47.1 Å². The van der Waals surface area contributed by atoms with Gasteiger partial charge >= 0.3 is 5.97 Å². The maximum atomic E-state index is 11.0. The second-order valence-electron chi connectivity index (χ2n) is 6.70. The van der Waals surface area contributed by atoms with Crippen LogP contribution in [0.25, 0.3) is 0 Å². The smallest absolute Gasteiger partial charge is 0.335 e. The van der Waals surface area contributed by atoms with E-state index in [2.05, 4.69) is 15.0 Å². The molecule has 1 N–H and O–H groups in total. The summed E-state index contributed by atoms with van der Waals surface area (Å²) in [5.74, 6) is 1.19. The van der Waals surface area contributed by atoms with E-state index < -0.39 is 5.97 Å². The van der Waals surface area contributed by atoms with Gasteiger partial charge in [0.05, 0.1) is 12.1 Å². The Morgan fingerprint density at radius 3 is 2.75 bits per heavy atom. The van der Waals surface area contributed by atoms with Gasteiger partial charge in [0.15, 0.2) is 5.82 Å². The first-order chi connectivity index (χ1) is 11.5. The van der Waals surface area contributed by atoms with Crippen LogP contribution in [0.3, 0.4) is 0 Å². The second kappa shape index (κ2) is 7.13. The lowest BCUT2D eigenvalue weighted by atomic mass is 9.90. The molecule has 24 heavy (non-hydrogen) atoms. The number of hydrogen-bond acceptors (Lipinski definition) is 5. The fourth-order valence-corrected chi connectivity index (χ4v) is 3.14. The number of nitrogens with zero attached hydrogens (tertiary/aromatic N) is 3. The van der Waals surface area contributed by atoms with Crippen molar-refractivity contribution in [2.45, 2.75) is 45.1 Å². The molecule has 2 heterocycles. The van der Waals surface area contributed by atoms with Crippen LogP contribution in [0.15, 0.2) is 28.8 Å². The zero-order valence-electron chi connectivity index (χ0n) is 14.1. The Hall–Kier alpha value is -2.21. The zero-order chi connectivity index (χ0) is 17.1. The SMILES string of the molecule is CC(C)c1nc(CN2CCC[C@H](c3ccc(C(=O)O)cc3)C2)no1. The molecule has 0 unspecified atom stereocenters. The lowest BCUT2D eigenvalue weighted by Crippen LogP contribution is -2.34. The summed E-state index contributed by atoms with van der Waals surface area (Å²) in [5, 5.41) is 13.1. The molecule has 1 aromatic carbocycles. The highest BCUT2D eigenvalue weighted by Crippen LogP contribution is 2.28. The quantitative estimate of drug-likeness (QED) is 0.907. The first kappa shape index (κ1) is 16.6. The van der Waals surface area contributed by atoms with Crippen LogP contribution in [0.5, 0.6) is 0 Å². The van der Waals surface area contributed by atoms with E-state index >= 15 is 0 Å². The zero-order valence-corrected chi connectivity index (χ0v) is 14.1. The molecule has 1 saturated heterocycles. The van der Waals surface area contributed by atoms with Gasteiger partial charge in [0.25, 0.3) is 0 Å². The summed E-state index contributed by atoms with van der Waals surface area (Å²) < 4.78 is 5.27. The Bertz CT molecular complexity index is 694. The third kappa shape index (κ3) is 3.82. The number of piperidine rings is 1. The van der Waals surface area contributed by atoms with Gasteiger partial charge in [-0.05, 0) is 43.0 Å². The molecule has 128 valence electrons. The topological polar surface area (TPSA) is 79.5 Å². The van der Waals surface area contributed by atoms with Crippen molar-refractivity contribution in [3.63, 3.8) is 0 Å². The molecule has 1 atom stereocenters. The van der Waals surface area contributed by atoms with E-state index in [1.807, 2.05) is 26.0 Å². The van der Waals surface area contributed by atoms with Gasteiger partial charge in [0.2, 0.25) is 5.89 Å². The number of hydrogen-bond donors (Lipinski definition) is 1. The molecule has 0 spiro atoms. The Labute approximate surface area is 141 Å². The highest BCUT2D eigenvalue weighted by Gasteiger charge is 2.23. The Kier molecular flexibility index (Phi) is 4.94. The van der Waals surface area contributed by atoms with E-state index in [-0.39, 0.29) is 5.92 Å². The Morgan fingerprint density at radius 1 is 1.38 bits per heavy atom. The highest BCUT2D eigenvalue weighted by atomic mass is 16.5. The Morgan fingerprint density at radius 2 is 2.12 bits per heavy atom. The van der Waals surface area contributed by atoms with Crippen LogP contribution in [0.2, 0.25) is 0 Å². The van der Waals surface area contributed by atoms with Crippen LogP contribution < -0.4 is 0 Å². The summed E-state index contributed by atoms with van der Waals surface area (Å²) in [5.41, 5.74) is 1.53. The van der Waals surface area contributed by atoms with E-state index in [1.54, 1.807) is 12.1 Å². The van der Waals surface area contributed by atoms with Crippen molar-refractivity contribution >= 4 is 5.97 Å². The van der Waals surface area contributed by atoms with Crippen molar-refractivity contribution in [3.8, 4) is 0 Å². The number of carboxylic acid groups (broad SMARTS) is 1. The van der Waals surface area contributed by atoms with E-state index in [1.165, 1.54) is 5.56 Å². The molecule has 6 nitrogen and oxygen atoms in total. The van der Waals surface area contributed by atoms with Gasteiger partial charge in [-0.3, -0.25) is 4.90 Å². The molecule has 1 aliphatic heterocycles. The largest absolute Gasteiger partial charge is 0.478 e. The van der Waals surface area contributed by atoms with Crippen molar-refractivity contribution in [2.75, 3.05) is 13.1 Å². The lowest BCUT2D eigenvalue weighted by molar-refractivity contribution is 0.0697. The first-order valence-electron chi connectivity index (χ1n) is 8.41. The van der Waals surface area contributed by atoms with Gasteiger partial charge in [0.1, 0.15) is 0 Å². The number of likely N-dealkylation sites (tertiary alicyclic amines) is 1. The fraction of sp³-hybridized carbons (Fsp3) is 0.500. The van der Waals surface area contributed by atoms with Gasteiger partial charge in [-0.1, -0.05) is 31.1 Å². The minimum absolute atomic E-state index is 0.244. The predicted octanol–water partition coefficient (Wildman–Crippen LogP) is 3.27. The predicted molar refractivity (Wildman–Crippen MR) is 89.0 cm³/mol. The lowest BCUT2D eigenvalue weighted by Gasteiger charge is -2.32. The molecule has 0 bridgehead atoms. The normalized spacial score (nSPS) is 18.9. The van der Waals surface area contributed by atoms with Crippen LogP contribution in [0.4, 0.5) is 0 Å². The van der Waals surface area contributed by atoms with Crippen molar-refractivity contribution in [1.29, 1.82) is 0 Å². The number of benzene rings is 1. The molecule has 0 saturated carbocycles. The van der Waals surface area contributed by atoms with Gasteiger partial charge in [-0.2, -0.15) is 4.98 Å². The monoisotopic (exact) mass is 329 g/mol. The first-order valence-corrected chi connectivity index (χ1v) is 8.41. The maximum Gasteiger partial charge on any atom is 0.335 e. The minimum Gasteiger partial charge on any atom is -0.478 e. The van der Waals surface area contributed by atoms with Gasteiger partial charge in [-0.15, -0.1) is 0 Å². The highest BCUT2D eigenvalue weighted by molar-refractivity contribution is 5.87. The van der Waals surface area contributed by atoms with E-state index in [0.29, 0.717) is 23.9 Å². The number of aromatic carboxylic acids is 1. The average molecular weight is 329 g/mol. The molecule has 1 aromatic heterocycles. The van der Waals surface area contributed by atoms with Crippen LogP contribution in [0, 0.1) is 0 Å². The molecule has 3 rings (SSSR count). The molecule has 6 heteroatoms. The molecule has 2 aromatic rings. The van der Waals surface area contributed by atoms with Crippen LogP contribution in [0.1, 0.15) is 66.2 Å². The van der Waals surface area contributed by atoms with E-state index in [0.717, 1.165) is 31.8 Å². The van der Waals surface area contributed by atoms with Crippen molar-refractivity contribution in [1.82, 2.24) is 15.0 Å². The molecule has 1 fully saturated rings. The van der Waals surface area contributed by atoms with Crippen molar-refractivity contribution < 1.29 is 14.4 Å². The third-order valence-electron chi connectivity index (χ3n) is 4.48. The fourth-order valence-electron chi connectivity index (χ4n) is 3.14. The summed E-state index contributed by atoms with van der Waals surface area (Å²) in [6, 6.07) is 7.24. The molecule has 1 aliphatic rings. The van der Waals surface area contributed by atoms with Gasteiger partial charge in [0, 0.05) is 12.5 Å². The summed E-state index contributed by atoms with van der Waals surface area (Å²) in [6.45, 7) is 6.72. The molecular weight excluding hydrogens is 306 g/mol. The standard InChI is InChI=1S/C18H23N3O3/c1-12(2)17-19-16(20-24-17)11-21-9-3-4-15(10-21)13-5-7-14(8-6-13)18(22)23/h5-8,12,15H,3-4,9-11H2,1-2H3,(H,22,23)/t15-/m0/s1. The third-order valence-corrected chi connectivity index (χ3v) is 4.48. The van der Waals surface area contributed by atoms with Crippen LogP contribution in [-0.2, 0) is 6.54 Å². The average Bonchev–Trinajstić information content (AvgIpc) is 3.04. The summed E-state index contributed by atoms with van der Waals surface area (Å²) >= 11 is 0. The molecule has 0 amide bonds. The Balaban J connectivity index is 1.64. The minimum atomic E-state index is -0.884. The summed E-state index contributed by atoms with van der Waals surface area (Å²) in [7, 11) is 0. The summed E-state index contributed by atoms with van der Waals surface area (Å²) in [6.07, 6.45) is 2.23. The van der Waals surface area contributed by atoms with Gasteiger partial charge < -0.3 is 9.63 Å². The van der Waals surface area contributed by atoms with Crippen LogP contribution in [-0.4, -0.2) is 39.2 Å². The van der Waals surface area contributed by atoms with Gasteiger partial charge in [-0.25, -0.2) is 4.79 Å². The molecule has 0 aliphatic carbocycles. The number of carboxylic acids is 1. The number of aromatic nitrogens is 2. The van der Waals surface area contributed by atoms with Crippen LogP contribution >= 0.6 is 0 Å². The number of carbonyl (C=O) groups is 1. The van der Waals surface area contributed by atoms with E-state index in [4.69, 9.17) is 9.63 Å². The molecular formula is C18H23N3O3. The second-order valence-corrected chi connectivity index (χ2v) is 6.70.